The van der Waals surface area contributed by atoms with Gasteiger partial charge in [-0.05, 0) is 49.6 Å². The lowest BCUT2D eigenvalue weighted by Crippen LogP contribution is -2.33. The van der Waals surface area contributed by atoms with Crippen LogP contribution in [-0.2, 0) is 9.59 Å². The molecule has 1 N–H and O–H groups in total. The van der Waals surface area contributed by atoms with Crippen molar-refractivity contribution in [2.24, 2.45) is 11.8 Å². The maximum Gasteiger partial charge on any atom is 0.257 e. The summed E-state index contributed by atoms with van der Waals surface area (Å²) in [5, 5.41) is 3.39. The number of nitrogens with zero attached hydrogens (tertiary/aromatic N) is 1. The van der Waals surface area contributed by atoms with E-state index in [0.717, 1.165) is 5.56 Å². The van der Waals surface area contributed by atoms with Crippen molar-refractivity contribution in [3.8, 4) is 0 Å². The molecule has 142 valence electrons. The fraction of sp³-hybridized carbons (Fsp3) is 0.227. The summed E-state index contributed by atoms with van der Waals surface area (Å²) in [6, 6.07) is 11.9. The summed E-state index contributed by atoms with van der Waals surface area (Å²) >= 11 is 6.13. The van der Waals surface area contributed by atoms with E-state index >= 15 is 0 Å². The molecule has 2 aliphatic rings. The van der Waals surface area contributed by atoms with Gasteiger partial charge in [-0.3, -0.25) is 14.4 Å². The molecule has 0 saturated carbocycles. The zero-order valence-corrected chi connectivity index (χ0v) is 16.1. The number of amides is 3. The zero-order valence-electron chi connectivity index (χ0n) is 15.3. The smallest absolute Gasteiger partial charge is 0.257 e. The molecule has 2 aromatic carbocycles. The van der Waals surface area contributed by atoms with Gasteiger partial charge in [0.2, 0.25) is 11.8 Å². The van der Waals surface area contributed by atoms with Crippen molar-refractivity contribution in [2.75, 3.05) is 10.2 Å². The van der Waals surface area contributed by atoms with Crippen LogP contribution in [0.2, 0.25) is 5.02 Å². The standard InChI is InChI=1S/C22H19ClN2O3/c1-13-17(23)10-6-11-18(13)24-20(26)16-9-4-5-12-19(16)25-21(27)14-7-2-3-8-15(14)22(25)28/h2-6,9-12,14-15H,7-8H2,1H3,(H,24,26)/t14-,15-/m1/s1. The number of fused-ring (bicyclic) bond motifs is 1. The van der Waals surface area contributed by atoms with Gasteiger partial charge in [0.15, 0.2) is 0 Å². The molecule has 1 aliphatic heterocycles. The molecule has 4 rings (SSSR count). The number of anilines is 2. The molecule has 0 spiro atoms. The monoisotopic (exact) mass is 394 g/mol. The third-order valence-corrected chi connectivity index (χ3v) is 5.82. The Morgan fingerprint density at radius 2 is 1.64 bits per heavy atom. The van der Waals surface area contributed by atoms with Crippen molar-refractivity contribution in [2.45, 2.75) is 19.8 Å². The third-order valence-electron chi connectivity index (χ3n) is 5.41. The first-order valence-corrected chi connectivity index (χ1v) is 9.55. The van der Waals surface area contributed by atoms with E-state index in [9.17, 15) is 14.4 Å². The highest BCUT2D eigenvalue weighted by Gasteiger charge is 2.48. The zero-order chi connectivity index (χ0) is 19.8. The van der Waals surface area contributed by atoms with Crippen molar-refractivity contribution in [1.82, 2.24) is 0 Å². The average molecular weight is 395 g/mol. The number of rotatable bonds is 3. The highest BCUT2D eigenvalue weighted by Crippen LogP contribution is 2.39. The molecule has 2 atom stereocenters. The van der Waals surface area contributed by atoms with Gasteiger partial charge in [-0.2, -0.15) is 0 Å². The average Bonchev–Trinajstić information content (AvgIpc) is 2.96. The van der Waals surface area contributed by atoms with Crippen LogP contribution in [0.1, 0.15) is 28.8 Å². The van der Waals surface area contributed by atoms with Gasteiger partial charge in [0.1, 0.15) is 0 Å². The van der Waals surface area contributed by atoms with Crippen molar-refractivity contribution >= 4 is 40.7 Å². The van der Waals surface area contributed by atoms with Crippen molar-refractivity contribution < 1.29 is 14.4 Å². The first-order valence-electron chi connectivity index (χ1n) is 9.17. The molecule has 0 radical (unpaired) electrons. The third kappa shape index (κ3) is 3.02. The minimum atomic E-state index is -0.394. The summed E-state index contributed by atoms with van der Waals surface area (Å²) in [6.45, 7) is 1.81. The number of carbonyl (C=O) groups excluding carboxylic acids is 3. The highest BCUT2D eigenvalue weighted by atomic mass is 35.5. The number of benzene rings is 2. The Morgan fingerprint density at radius 1 is 1.00 bits per heavy atom. The van der Waals surface area contributed by atoms with Gasteiger partial charge in [0.25, 0.3) is 5.91 Å². The fourth-order valence-electron chi connectivity index (χ4n) is 3.83. The van der Waals surface area contributed by atoms with Crippen LogP contribution in [0.4, 0.5) is 11.4 Å². The van der Waals surface area contributed by atoms with Gasteiger partial charge in [0, 0.05) is 10.7 Å². The molecule has 28 heavy (non-hydrogen) atoms. The number of halogens is 1. The minimum absolute atomic E-state index is 0.237. The Morgan fingerprint density at radius 3 is 2.32 bits per heavy atom. The molecule has 1 saturated heterocycles. The predicted molar refractivity (Wildman–Crippen MR) is 108 cm³/mol. The molecule has 1 heterocycles. The summed E-state index contributed by atoms with van der Waals surface area (Å²) in [5.74, 6) is -1.56. The Bertz CT molecular complexity index is 989. The van der Waals surface area contributed by atoms with Crippen molar-refractivity contribution in [3.63, 3.8) is 0 Å². The largest absolute Gasteiger partial charge is 0.322 e. The number of imide groups is 1. The van der Waals surface area contributed by atoms with Crippen LogP contribution < -0.4 is 10.2 Å². The van der Waals surface area contributed by atoms with E-state index in [0.29, 0.717) is 29.2 Å². The number of para-hydroxylation sites is 1. The first kappa shape index (κ1) is 18.4. The van der Waals surface area contributed by atoms with E-state index in [1.54, 1.807) is 42.5 Å². The number of hydrogen-bond acceptors (Lipinski definition) is 3. The quantitative estimate of drug-likeness (QED) is 0.621. The van der Waals surface area contributed by atoms with Gasteiger partial charge in [-0.1, -0.05) is 42.0 Å². The molecular weight excluding hydrogens is 376 g/mol. The molecule has 1 fully saturated rings. The Balaban J connectivity index is 1.68. The Hall–Kier alpha value is -2.92. The lowest BCUT2D eigenvalue weighted by Gasteiger charge is -2.19. The molecule has 6 heteroatoms. The van der Waals surface area contributed by atoms with E-state index in [4.69, 9.17) is 11.6 Å². The molecule has 0 unspecified atom stereocenters. The minimum Gasteiger partial charge on any atom is -0.322 e. The van der Waals surface area contributed by atoms with E-state index in [1.165, 1.54) is 4.90 Å². The lowest BCUT2D eigenvalue weighted by atomic mass is 9.85. The first-order chi connectivity index (χ1) is 13.5. The normalized spacial score (nSPS) is 21.0. The van der Waals surface area contributed by atoms with Gasteiger partial charge >= 0.3 is 0 Å². The lowest BCUT2D eigenvalue weighted by molar-refractivity contribution is -0.122. The van der Waals surface area contributed by atoms with Crippen LogP contribution in [0.15, 0.2) is 54.6 Å². The van der Waals surface area contributed by atoms with Crippen LogP contribution in [0.25, 0.3) is 0 Å². The van der Waals surface area contributed by atoms with E-state index in [2.05, 4.69) is 5.32 Å². The summed E-state index contributed by atoms with van der Waals surface area (Å²) in [7, 11) is 0. The van der Waals surface area contributed by atoms with Crippen LogP contribution in [0, 0.1) is 18.8 Å². The highest BCUT2D eigenvalue weighted by molar-refractivity contribution is 6.32. The number of nitrogens with one attached hydrogen (secondary N) is 1. The van der Waals surface area contributed by atoms with Gasteiger partial charge in [0.05, 0.1) is 23.1 Å². The summed E-state index contributed by atoms with van der Waals surface area (Å²) in [4.78, 5) is 40.0. The van der Waals surface area contributed by atoms with Gasteiger partial charge < -0.3 is 5.32 Å². The van der Waals surface area contributed by atoms with E-state index in [1.807, 2.05) is 19.1 Å². The second-order valence-electron chi connectivity index (χ2n) is 7.05. The SMILES string of the molecule is Cc1c(Cl)cccc1NC(=O)c1ccccc1N1C(=O)[C@@H]2CC=CC[C@H]2C1=O. The molecule has 5 nitrogen and oxygen atoms in total. The summed E-state index contributed by atoms with van der Waals surface area (Å²) < 4.78 is 0. The number of hydrogen-bond donors (Lipinski definition) is 1. The maximum absolute atomic E-state index is 13.0. The van der Waals surface area contributed by atoms with E-state index < -0.39 is 5.91 Å². The molecule has 0 aromatic heterocycles. The van der Waals surface area contributed by atoms with Crippen molar-refractivity contribution in [3.05, 3.63) is 70.8 Å². The van der Waals surface area contributed by atoms with Crippen LogP contribution in [0.3, 0.4) is 0 Å². The molecule has 1 aliphatic carbocycles. The maximum atomic E-state index is 13.0. The van der Waals surface area contributed by atoms with Gasteiger partial charge in [-0.25, -0.2) is 4.90 Å². The van der Waals surface area contributed by atoms with Crippen LogP contribution in [0.5, 0.6) is 0 Å². The second kappa shape index (κ2) is 7.24. The molecular formula is C22H19ClN2O3. The molecule has 3 amide bonds. The summed E-state index contributed by atoms with van der Waals surface area (Å²) in [6.07, 6.45) is 5.00. The summed E-state index contributed by atoms with van der Waals surface area (Å²) in [5.41, 5.74) is 1.93. The number of carbonyl (C=O) groups is 3. The van der Waals surface area contributed by atoms with E-state index in [-0.39, 0.29) is 29.2 Å². The van der Waals surface area contributed by atoms with Crippen LogP contribution in [-0.4, -0.2) is 17.7 Å². The van der Waals surface area contributed by atoms with Crippen molar-refractivity contribution in [1.29, 1.82) is 0 Å². The van der Waals surface area contributed by atoms with Gasteiger partial charge in [-0.15, -0.1) is 0 Å². The fourth-order valence-corrected chi connectivity index (χ4v) is 4.01. The Kier molecular flexibility index (Phi) is 4.77. The van der Waals surface area contributed by atoms with Crippen LogP contribution >= 0.6 is 11.6 Å². The predicted octanol–water partition coefficient (Wildman–Crippen LogP) is 4.36. The number of allylic oxidation sites excluding steroid dienone is 2. The Labute approximate surface area is 168 Å². The molecule has 2 aromatic rings. The topological polar surface area (TPSA) is 66.5 Å². The molecule has 0 bridgehead atoms. The second-order valence-corrected chi connectivity index (χ2v) is 7.46.